The molecule has 1 atom stereocenters. The Bertz CT molecular complexity index is 78.4. The van der Waals surface area contributed by atoms with Crippen LogP contribution >= 0.6 is 11.8 Å². The van der Waals surface area contributed by atoms with Crippen molar-refractivity contribution in [3.63, 3.8) is 0 Å². The van der Waals surface area contributed by atoms with Gasteiger partial charge in [0.05, 0.1) is 0 Å². The molecule has 0 heterocycles. The molecule has 0 saturated carbocycles. The topological polar surface area (TPSA) is 12.0 Å². The summed E-state index contributed by atoms with van der Waals surface area (Å²) < 4.78 is 34.7. The quantitative estimate of drug-likeness (QED) is 0.612. The second-order valence-electron chi connectivity index (χ2n) is 1.61. The second-order valence-corrected chi connectivity index (χ2v) is 1.83. The van der Waals surface area contributed by atoms with E-state index in [1.165, 1.54) is 6.92 Å². The van der Waals surface area contributed by atoms with Crippen molar-refractivity contribution < 1.29 is 13.2 Å². The third-order valence-corrected chi connectivity index (χ3v) is 1.20. The fourth-order valence-electron chi connectivity index (χ4n) is 0.370. The van der Waals surface area contributed by atoms with E-state index in [9.17, 15) is 13.2 Å². The van der Waals surface area contributed by atoms with Crippen LogP contribution in [0.25, 0.3) is 0 Å². The number of nitrogens with one attached hydrogen (secondary N) is 1. The molecule has 0 amide bonds. The summed E-state index contributed by atoms with van der Waals surface area (Å²) in [5.74, 6) is 0. The normalized spacial score (nSPS) is 15.7. The summed E-state index contributed by atoms with van der Waals surface area (Å²) in [6.45, 7) is 1.41. The zero-order chi connectivity index (χ0) is 7.49. The molecule has 56 valence electrons. The number of alkyl halides is 3. The molecule has 0 aliphatic carbocycles. The highest BCUT2D eigenvalue weighted by Gasteiger charge is 2.37. The van der Waals surface area contributed by atoms with Gasteiger partial charge in [-0.1, -0.05) is 6.92 Å². The molecular formula is C4H7ClF3N. The van der Waals surface area contributed by atoms with Crippen LogP contribution in [0.15, 0.2) is 0 Å². The molecule has 0 rings (SSSR count). The number of rotatable bonds is 2. The van der Waals surface area contributed by atoms with Crippen LogP contribution in [-0.2, 0) is 0 Å². The maximum absolute atomic E-state index is 11.6. The molecule has 9 heavy (non-hydrogen) atoms. The summed E-state index contributed by atoms with van der Waals surface area (Å²) in [4.78, 5) is 1.64. The molecule has 0 aromatic rings. The summed E-state index contributed by atoms with van der Waals surface area (Å²) in [6, 6.07) is -1.58. The SMILES string of the molecule is CC[C@H](NCl)C(F)(F)F. The Labute approximate surface area is 56.3 Å². The number of halogens is 4. The smallest absolute Gasteiger partial charge is 0.221 e. The minimum Gasteiger partial charge on any atom is -0.221 e. The van der Waals surface area contributed by atoms with E-state index in [1.807, 2.05) is 0 Å². The standard InChI is InChI=1S/C4H7ClF3N/c1-2-3(9-5)4(6,7)8/h3,9H,2H2,1H3/t3-/m0/s1. The zero-order valence-corrected chi connectivity index (χ0v) is 5.55. The molecule has 0 spiro atoms. The first kappa shape index (κ1) is 9.04. The highest BCUT2D eigenvalue weighted by atomic mass is 35.5. The van der Waals surface area contributed by atoms with Gasteiger partial charge < -0.3 is 0 Å². The van der Waals surface area contributed by atoms with Gasteiger partial charge in [-0.25, -0.2) is 4.84 Å². The van der Waals surface area contributed by atoms with Crippen LogP contribution in [0.4, 0.5) is 13.2 Å². The van der Waals surface area contributed by atoms with E-state index in [2.05, 4.69) is 0 Å². The first-order valence-corrected chi connectivity index (χ1v) is 2.83. The van der Waals surface area contributed by atoms with E-state index in [-0.39, 0.29) is 6.42 Å². The van der Waals surface area contributed by atoms with Crippen LogP contribution in [0.2, 0.25) is 0 Å². The first-order valence-electron chi connectivity index (χ1n) is 2.45. The first-order chi connectivity index (χ1) is 4.02. The average molecular weight is 162 g/mol. The summed E-state index contributed by atoms with van der Waals surface area (Å²) in [6.07, 6.45) is -4.27. The van der Waals surface area contributed by atoms with Gasteiger partial charge in [-0.15, -0.1) is 0 Å². The van der Waals surface area contributed by atoms with Crippen molar-refractivity contribution >= 4 is 11.8 Å². The maximum atomic E-state index is 11.6. The van der Waals surface area contributed by atoms with Crippen molar-refractivity contribution in [1.29, 1.82) is 0 Å². The minimum absolute atomic E-state index is 0.0486. The van der Waals surface area contributed by atoms with Crippen LogP contribution in [0.1, 0.15) is 13.3 Å². The predicted molar refractivity (Wildman–Crippen MR) is 29.1 cm³/mol. The molecular weight excluding hydrogens is 154 g/mol. The van der Waals surface area contributed by atoms with Crippen molar-refractivity contribution in [2.24, 2.45) is 0 Å². The fraction of sp³-hybridized carbons (Fsp3) is 1.00. The monoisotopic (exact) mass is 161 g/mol. The van der Waals surface area contributed by atoms with Crippen molar-refractivity contribution in [1.82, 2.24) is 4.84 Å². The largest absolute Gasteiger partial charge is 0.405 e. The van der Waals surface area contributed by atoms with Gasteiger partial charge in [-0.3, -0.25) is 0 Å². The zero-order valence-electron chi connectivity index (χ0n) is 4.80. The summed E-state index contributed by atoms with van der Waals surface area (Å²) >= 11 is 4.78. The lowest BCUT2D eigenvalue weighted by Gasteiger charge is -2.15. The second kappa shape index (κ2) is 3.27. The lowest BCUT2D eigenvalue weighted by atomic mass is 10.2. The molecule has 0 radical (unpaired) electrons. The van der Waals surface area contributed by atoms with Gasteiger partial charge in [0.25, 0.3) is 0 Å². The molecule has 0 bridgehead atoms. The molecule has 5 heteroatoms. The van der Waals surface area contributed by atoms with E-state index in [4.69, 9.17) is 11.8 Å². The Hall–Kier alpha value is 0.0400. The van der Waals surface area contributed by atoms with Crippen LogP contribution < -0.4 is 4.84 Å². The summed E-state index contributed by atoms with van der Waals surface area (Å²) in [5.41, 5.74) is 0. The average Bonchev–Trinajstić information content (AvgIpc) is 1.65. The van der Waals surface area contributed by atoms with E-state index in [0.717, 1.165) is 0 Å². The molecule has 0 aromatic carbocycles. The molecule has 1 N–H and O–H groups in total. The van der Waals surface area contributed by atoms with Gasteiger partial charge in [0.2, 0.25) is 0 Å². The van der Waals surface area contributed by atoms with E-state index in [0.29, 0.717) is 0 Å². The van der Waals surface area contributed by atoms with Gasteiger partial charge in [-0.05, 0) is 18.2 Å². The Balaban J connectivity index is 3.79. The minimum atomic E-state index is -4.23. The number of hydrogen-bond donors (Lipinski definition) is 1. The molecule has 0 fully saturated rings. The Morgan fingerprint density at radius 3 is 2.00 bits per heavy atom. The van der Waals surface area contributed by atoms with Crippen molar-refractivity contribution in [3.05, 3.63) is 0 Å². The summed E-state index contributed by atoms with van der Waals surface area (Å²) in [5, 5.41) is 0. The summed E-state index contributed by atoms with van der Waals surface area (Å²) in [7, 11) is 0. The lowest BCUT2D eigenvalue weighted by molar-refractivity contribution is -0.151. The van der Waals surface area contributed by atoms with Crippen molar-refractivity contribution in [2.45, 2.75) is 25.6 Å². The van der Waals surface area contributed by atoms with Crippen LogP contribution in [-0.4, -0.2) is 12.2 Å². The predicted octanol–water partition coefficient (Wildman–Crippen LogP) is 2.07. The number of hydrogen-bond acceptors (Lipinski definition) is 1. The molecule has 0 aromatic heterocycles. The van der Waals surface area contributed by atoms with Crippen LogP contribution in [0, 0.1) is 0 Å². The van der Waals surface area contributed by atoms with Gasteiger partial charge in [0.15, 0.2) is 0 Å². The lowest BCUT2D eigenvalue weighted by Crippen LogP contribution is -2.36. The third kappa shape index (κ3) is 2.91. The third-order valence-electron chi connectivity index (χ3n) is 0.935. The van der Waals surface area contributed by atoms with Crippen LogP contribution in [0.5, 0.6) is 0 Å². The maximum Gasteiger partial charge on any atom is 0.405 e. The van der Waals surface area contributed by atoms with Crippen LogP contribution in [0.3, 0.4) is 0 Å². The van der Waals surface area contributed by atoms with Gasteiger partial charge in [0, 0.05) is 0 Å². The van der Waals surface area contributed by atoms with Crippen molar-refractivity contribution in [2.75, 3.05) is 0 Å². The van der Waals surface area contributed by atoms with E-state index in [1.54, 1.807) is 4.84 Å². The van der Waals surface area contributed by atoms with E-state index >= 15 is 0 Å². The van der Waals surface area contributed by atoms with Gasteiger partial charge in [-0.2, -0.15) is 13.2 Å². The van der Waals surface area contributed by atoms with Crippen molar-refractivity contribution in [3.8, 4) is 0 Å². The fourth-order valence-corrected chi connectivity index (χ4v) is 0.648. The molecule has 0 unspecified atom stereocenters. The molecule has 0 aliphatic heterocycles. The van der Waals surface area contributed by atoms with E-state index < -0.39 is 12.2 Å². The van der Waals surface area contributed by atoms with Gasteiger partial charge in [0.1, 0.15) is 6.04 Å². The highest BCUT2D eigenvalue weighted by Crippen LogP contribution is 2.22. The Morgan fingerprint density at radius 1 is 1.56 bits per heavy atom. The highest BCUT2D eigenvalue weighted by molar-refractivity contribution is 6.13. The van der Waals surface area contributed by atoms with Gasteiger partial charge >= 0.3 is 6.18 Å². The molecule has 0 saturated heterocycles. The molecule has 1 nitrogen and oxygen atoms in total. The Kier molecular flexibility index (Phi) is 3.28. The Morgan fingerprint density at radius 2 is 2.00 bits per heavy atom. The molecule has 0 aliphatic rings.